The van der Waals surface area contributed by atoms with Crippen molar-refractivity contribution >= 4 is 27.0 Å². The largest absolute Gasteiger partial charge is 0.503 e. The van der Waals surface area contributed by atoms with Gasteiger partial charge in [-0.15, -0.1) is 5.10 Å². The first-order valence-corrected chi connectivity index (χ1v) is 6.05. The molecule has 96 valence electrons. The van der Waals surface area contributed by atoms with Crippen LogP contribution in [0.15, 0.2) is 34.8 Å². The Hall–Kier alpha value is -2.02. The average Bonchev–Trinajstić information content (AvgIpc) is 2.81. The first-order chi connectivity index (χ1) is 9.08. The van der Waals surface area contributed by atoms with Crippen LogP contribution in [0.3, 0.4) is 0 Å². The summed E-state index contributed by atoms with van der Waals surface area (Å²) in [5.41, 5.74) is 0.521. The standard InChI is InChI=1S/C12H6BrF2N3O/c13-6-1-3-7(4-2-6)18-11-9(16-17-18)5-8(14)12(19)10(11)15/h1-5,19H. The summed E-state index contributed by atoms with van der Waals surface area (Å²) in [6, 6.07) is 7.83. The molecule has 0 bridgehead atoms. The highest BCUT2D eigenvalue weighted by molar-refractivity contribution is 9.10. The number of halogens is 3. The third-order valence-corrected chi connectivity index (χ3v) is 3.20. The molecule has 0 radical (unpaired) electrons. The fourth-order valence-corrected chi connectivity index (χ4v) is 2.03. The van der Waals surface area contributed by atoms with Gasteiger partial charge in [0.1, 0.15) is 11.0 Å². The van der Waals surface area contributed by atoms with Gasteiger partial charge < -0.3 is 5.11 Å². The van der Waals surface area contributed by atoms with Gasteiger partial charge in [0.2, 0.25) is 0 Å². The number of benzene rings is 2. The molecule has 7 heteroatoms. The van der Waals surface area contributed by atoms with E-state index in [0.717, 1.165) is 10.5 Å². The summed E-state index contributed by atoms with van der Waals surface area (Å²) in [7, 11) is 0. The van der Waals surface area contributed by atoms with Crippen LogP contribution in [0.25, 0.3) is 16.7 Å². The van der Waals surface area contributed by atoms with Crippen molar-refractivity contribution in [3.05, 3.63) is 46.4 Å². The molecule has 0 aliphatic rings. The molecule has 0 atom stereocenters. The van der Waals surface area contributed by atoms with Gasteiger partial charge in [-0.3, -0.25) is 0 Å². The molecule has 0 saturated heterocycles. The van der Waals surface area contributed by atoms with E-state index >= 15 is 0 Å². The maximum Gasteiger partial charge on any atom is 0.195 e. The van der Waals surface area contributed by atoms with Crippen molar-refractivity contribution in [3.8, 4) is 11.4 Å². The van der Waals surface area contributed by atoms with E-state index in [-0.39, 0.29) is 11.0 Å². The molecule has 0 amide bonds. The lowest BCUT2D eigenvalue weighted by atomic mass is 10.2. The molecular weight excluding hydrogens is 320 g/mol. The van der Waals surface area contributed by atoms with E-state index in [4.69, 9.17) is 0 Å². The maximum absolute atomic E-state index is 13.9. The Morgan fingerprint density at radius 3 is 2.53 bits per heavy atom. The highest BCUT2D eigenvalue weighted by atomic mass is 79.9. The van der Waals surface area contributed by atoms with Crippen LogP contribution in [0.2, 0.25) is 0 Å². The summed E-state index contributed by atoms with van der Waals surface area (Å²) in [4.78, 5) is 0. The van der Waals surface area contributed by atoms with Crippen LogP contribution >= 0.6 is 15.9 Å². The Morgan fingerprint density at radius 2 is 1.84 bits per heavy atom. The van der Waals surface area contributed by atoms with Gasteiger partial charge in [0.25, 0.3) is 0 Å². The summed E-state index contributed by atoms with van der Waals surface area (Å²) in [6.07, 6.45) is 0. The third kappa shape index (κ3) is 1.86. The lowest BCUT2D eigenvalue weighted by Crippen LogP contribution is -1.98. The van der Waals surface area contributed by atoms with E-state index in [1.54, 1.807) is 24.3 Å². The Labute approximate surface area is 114 Å². The van der Waals surface area contributed by atoms with Crippen LogP contribution < -0.4 is 0 Å². The molecule has 2 aromatic carbocycles. The maximum atomic E-state index is 13.9. The highest BCUT2D eigenvalue weighted by Gasteiger charge is 2.18. The van der Waals surface area contributed by atoms with Gasteiger partial charge in [-0.1, -0.05) is 21.1 Å². The summed E-state index contributed by atoms with van der Waals surface area (Å²) >= 11 is 3.29. The van der Waals surface area contributed by atoms with E-state index in [1.165, 1.54) is 4.68 Å². The van der Waals surface area contributed by atoms with Crippen molar-refractivity contribution < 1.29 is 13.9 Å². The fraction of sp³-hybridized carbons (Fsp3) is 0. The number of fused-ring (bicyclic) bond motifs is 1. The Bertz CT molecular complexity index is 771. The lowest BCUT2D eigenvalue weighted by molar-refractivity contribution is 0.399. The molecule has 19 heavy (non-hydrogen) atoms. The van der Waals surface area contributed by atoms with Crippen LogP contribution in [0.1, 0.15) is 0 Å². The minimum atomic E-state index is -1.08. The predicted molar refractivity (Wildman–Crippen MR) is 68.1 cm³/mol. The summed E-state index contributed by atoms with van der Waals surface area (Å²) in [5.74, 6) is -3.18. The van der Waals surface area contributed by atoms with Crippen molar-refractivity contribution in [1.82, 2.24) is 15.0 Å². The van der Waals surface area contributed by atoms with Gasteiger partial charge in [0, 0.05) is 10.5 Å². The summed E-state index contributed by atoms with van der Waals surface area (Å²) in [5, 5.41) is 16.8. The molecular formula is C12H6BrF2N3O. The van der Waals surface area contributed by atoms with Crippen LogP contribution in [0, 0.1) is 11.6 Å². The zero-order chi connectivity index (χ0) is 13.6. The van der Waals surface area contributed by atoms with Crippen LogP contribution in [0.5, 0.6) is 5.75 Å². The van der Waals surface area contributed by atoms with Crippen LogP contribution in [0.4, 0.5) is 8.78 Å². The average molecular weight is 326 g/mol. The van der Waals surface area contributed by atoms with Gasteiger partial charge >= 0.3 is 0 Å². The zero-order valence-electron chi connectivity index (χ0n) is 9.31. The second-order valence-electron chi connectivity index (χ2n) is 3.87. The van der Waals surface area contributed by atoms with Crippen molar-refractivity contribution in [1.29, 1.82) is 0 Å². The highest BCUT2D eigenvalue weighted by Crippen LogP contribution is 2.29. The number of phenolic OH excluding ortho intramolecular Hbond substituents is 1. The van der Waals surface area contributed by atoms with Gasteiger partial charge in [-0.25, -0.2) is 13.5 Å². The van der Waals surface area contributed by atoms with E-state index in [0.29, 0.717) is 5.69 Å². The number of aromatic nitrogens is 3. The SMILES string of the molecule is Oc1c(F)cc2nnn(-c3ccc(Br)cc3)c2c1F. The van der Waals surface area contributed by atoms with E-state index in [2.05, 4.69) is 26.2 Å². The first kappa shape index (κ1) is 12.0. The molecule has 0 aliphatic heterocycles. The van der Waals surface area contributed by atoms with Crippen molar-refractivity contribution in [2.45, 2.75) is 0 Å². The number of nitrogens with zero attached hydrogens (tertiary/aromatic N) is 3. The van der Waals surface area contributed by atoms with Crippen molar-refractivity contribution in [3.63, 3.8) is 0 Å². The quantitative estimate of drug-likeness (QED) is 0.747. The number of phenols is 1. The molecule has 1 aromatic heterocycles. The molecule has 0 fully saturated rings. The molecule has 0 saturated carbocycles. The van der Waals surface area contributed by atoms with E-state index in [9.17, 15) is 13.9 Å². The topological polar surface area (TPSA) is 50.9 Å². The Balaban J connectivity index is 2.31. The molecule has 0 spiro atoms. The fourth-order valence-electron chi connectivity index (χ4n) is 1.76. The van der Waals surface area contributed by atoms with Crippen LogP contribution in [-0.2, 0) is 0 Å². The Kier molecular flexibility index (Phi) is 2.70. The molecule has 0 aliphatic carbocycles. The van der Waals surface area contributed by atoms with Gasteiger partial charge in [-0.2, -0.15) is 0 Å². The number of hydrogen-bond donors (Lipinski definition) is 1. The van der Waals surface area contributed by atoms with E-state index in [1.807, 2.05) is 0 Å². The first-order valence-electron chi connectivity index (χ1n) is 5.26. The molecule has 1 N–H and O–H groups in total. The second-order valence-corrected chi connectivity index (χ2v) is 4.78. The van der Waals surface area contributed by atoms with Gasteiger partial charge in [-0.05, 0) is 24.3 Å². The lowest BCUT2D eigenvalue weighted by Gasteiger charge is -2.04. The van der Waals surface area contributed by atoms with Gasteiger partial charge in [0.15, 0.2) is 17.4 Å². The van der Waals surface area contributed by atoms with E-state index < -0.39 is 17.4 Å². The molecule has 4 nitrogen and oxygen atoms in total. The number of rotatable bonds is 1. The monoisotopic (exact) mass is 325 g/mol. The minimum Gasteiger partial charge on any atom is -0.503 e. The molecule has 0 unspecified atom stereocenters. The molecule has 3 rings (SSSR count). The van der Waals surface area contributed by atoms with Gasteiger partial charge in [0.05, 0.1) is 5.69 Å². The van der Waals surface area contributed by atoms with Crippen molar-refractivity contribution in [2.75, 3.05) is 0 Å². The number of aromatic hydroxyl groups is 1. The minimum absolute atomic E-state index is 0.0377. The smallest absolute Gasteiger partial charge is 0.195 e. The third-order valence-electron chi connectivity index (χ3n) is 2.67. The summed E-state index contributed by atoms with van der Waals surface area (Å²) < 4.78 is 29.2. The normalized spacial score (nSPS) is 11.1. The molecule has 1 heterocycles. The molecule has 3 aromatic rings. The predicted octanol–water partition coefficient (Wildman–Crippen LogP) is 3.17. The number of hydrogen-bond acceptors (Lipinski definition) is 3. The van der Waals surface area contributed by atoms with Crippen molar-refractivity contribution in [2.24, 2.45) is 0 Å². The Morgan fingerprint density at radius 1 is 1.16 bits per heavy atom. The summed E-state index contributed by atoms with van der Waals surface area (Å²) in [6.45, 7) is 0. The zero-order valence-corrected chi connectivity index (χ0v) is 10.9. The second kappa shape index (κ2) is 4.27. The van der Waals surface area contributed by atoms with Crippen LogP contribution in [-0.4, -0.2) is 20.1 Å².